The zero-order valence-corrected chi connectivity index (χ0v) is 12.7. The van der Waals surface area contributed by atoms with E-state index in [0.29, 0.717) is 29.0 Å². The summed E-state index contributed by atoms with van der Waals surface area (Å²) < 4.78 is 10.5. The summed E-state index contributed by atoms with van der Waals surface area (Å²) in [5.41, 5.74) is 0.662. The van der Waals surface area contributed by atoms with E-state index in [1.165, 1.54) is 0 Å². The molecule has 1 heterocycles. The van der Waals surface area contributed by atoms with E-state index in [0.717, 1.165) is 19.4 Å². The SMILES string of the molecule is COc1ccc(C(=O)N2CCCC2C(C)C)cc1OC. The highest BCUT2D eigenvalue weighted by Crippen LogP contribution is 2.30. The van der Waals surface area contributed by atoms with Gasteiger partial charge < -0.3 is 14.4 Å². The predicted octanol–water partition coefficient (Wildman–Crippen LogP) is 2.96. The monoisotopic (exact) mass is 277 g/mol. The lowest BCUT2D eigenvalue weighted by molar-refractivity contribution is 0.0701. The number of benzene rings is 1. The third-order valence-electron chi connectivity index (χ3n) is 3.96. The lowest BCUT2D eigenvalue weighted by Gasteiger charge is -2.28. The molecule has 110 valence electrons. The lowest BCUT2D eigenvalue weighted by atomic mass is 10.0. The molecule has 0 saturated carbocycles. The second kappa shape index (κ2) is 6.16. The molecule has 0 bridgehead atoms. The molecule has 0 spiro atoms. The molecule has 20 heavy (non-hydrogen) atoms. The molecule has 2 rings (SSSR count). The molecular formula is C16H23NO3. The third-order valence-corrected chi connectivity index (χ3v) is 3.96. The topological polar surface area (TPSA) is 38.8 Å². The van der Waals surface area contributed by atoms with Crippen molar-refractivity contribution in [3.8, 4) is 11.5 Å². The minimum Gasteiger partial charge on any atom is -0.493 e. The van der Waals surface area contributed by atoms with Crippen molar-refractivity contribution >= 4 is 5.91 Å². The molecule has 1 saturated heterocycles. The van der Waals surface area contributed by atoms with Gasteiger partial charge in [0, 0.05) is 18.2 Å². The molecule has 1 aliphatic heterocycles. The van der Waals surface area contributed by atoms with Crippen LogP contribution >= 0.6 is 0 Å². The van der Waals surface area contributed by atoms with Crippen molar-refractivity contribution in [1.29, 1.82) is 0 Å². The largest absolute Gasteiger partial charge is 0.493 e. The van der Waals surface area contributed by atoms with Gasteiger partial charge in [0.1, 0.15) is 0 Å². The summed E-state index contributed by atoms with van der Waals surface area (Å²) in [4.78, 5) is 14.7. The molecule has 0 aromatic heterocycles. The molecule has 1 aromatic carbocycles. The molecule has 1 amide bonds. The summed E-state index contributed by atoms with van der Waals surface area (Å²) in [5, 5.41) is 0. The first-order valence-electron chi connectivity index (χ1n) is 7.11. The van der Waals surface area contributed by atoms with E-state index in [1.807, 2.05) is 4.90 Å². The van der Waals surface area contributed by atoms with Gasteiger partial charge in [0.2, 0.25) is 0 Å². The van der Waals surface area contributed by atoms with Crippen LogP contribution in [0.2, 0.25) is 0 Å². The van der Waals surface area contributed by atoms with Crippen LogP contribution in [0.1, 0.15) is 37.0 Å². The van der Waals surface area contributed by atoms with Gasteiger partial charge in [-0.3, -0.25) is 4.79 Å². The number of methoxy groups -OCH3 is 2. The summed E-state index contributed by atoms with van der Waals surface area (Å²) in [6.45, 7) is 5.19. The Morgan fingerprint density at radius 1 is 1.25 bits per heavy atom. The molecule has 4 nitrogen and oxygen atoms in total. The highest BCUT2D eigenvalue weighted by molar-refractivity contribution is 5.95. The Morgan fingerprint density at radius 3 is 2.55 bits per heavy atom. The number of hydrogen-bond donors (Lipinski definition) is 0. The molecule has 4 heteroatoms. The van der Waals surface area contributed by atoms with E-state index < -0.39 is 0 Å². The average Bonchev–Trinajstić information content (AvgIpc) is 2.95. The van der Waals surface area contributed by atoms with Crippen LogP contribution in [-0.4, -0.2) is 37.6 Å². The molecule has 1 fully saturated rings. The minimum atomic E-state index is 0.0853. The zero-order chi connectivity index (χ0) is 14.7. The van der Waals surface area contributed by atoms with E-state index in [1.54, 1.807) is 32.4 Å². The van der Waals surface area contributed by atoms with Gasteiger partial charge in [-0.15, -0.1) is 0 Å². The number of rotatable bonds is 4. The van der Waals surface area contributed by atoms with E-state index in [-0.39, 0.29) is 5.91 Å². The zero-order valence-electron chi connectivity index (χ0n) is 12.7. The Kier molecular flexibility index (Phi) is 4.53. The van der Waals surface area contributed by atoms with E-state index in [9.17, 15) is 4.79 Å². The fraction of sp³-hybridized carbons (Fsp3) is 0.562. The van der Waals surface area contributed by atoms with Crippen molar-refractivity contribution in [3.05, 3.63) is 23.8 Å². The molecular weight excluding hydrogens is 254 g/mol. The van der Waals surface area contributed by atoms with Crippen LogP contribution < -0.4 is 9.47 Å². The van der Waals surface area contributed by atoms with Crippen molar-refractivity contribution in [2.45, 2.75) is 32.7 Å². The summed E-state index contributed by atoms with van der Waals surface area (Å²) in [5.74, 6) is 1.81. The van der Waals surface area contributed by atoms with Crippen LogP contribution in [-0.2, 0) is 0 Å². The molecule has 0 N–H and O–H groups in total. The van der Waals surface area contributed by atoms with Crippen LogP contribution in [0.3, 0.4) is 0 Å². The van der Waals surface area contributed by atoms with Gasteiger partial charge in [-0.2, -0.15) is 0 Å². The van der Waals surface area contributed by atoms with Crippen LogP contribution in [0.25, 0.3) is 0 Å². The third kappa shape index (κ3) is 2.74. The number of ether oxygens (including phenoxy) is 2. The standard InChI is InChI=1S/C16H23NO3/c1-11(2)13-6-5-9-17(13)16(18)12-7-8-14(19-3)15(10-12)20-4/h7-8,10-11,13H,5-6,9H2,1-4H3. The summed E-state index contributed by atoms with van der Waals surface area (Å²) in [6.07, 6.45) is 2.18. The fourth-order valence-corrected chi connectivity index (χ4v) is 2.87. The Labute approximate surface area is 120 Å². The summed E-state index contributed by atoms with van der Waals surface area (Å²) in [6, 6.07) is 5.69. The van der Waals surface area contributed by atoms with Gasteiger partial charge >= 0.3 is 0 Å². The maximum atomic E-state index is 12.7. The van der Waals surface area contributed by atoms with Gasteiger partial charge in [-0.25, -0.2) is 0 Å². The summed E-state index contributed by atoms with van der Waals surface area (Å²) in [7, 11) is 3.17. The van der Waals surface area contributed by atoms with E-state index >= 15 is 0 Å². The van der Waals surface area contributed by atoms with Crippen LogP contribution in [0.4, 0.5) is 0 Å². The Bertz CT molecular complexity index is 485. The number of nitrogens with zero attached hydrogens (tertiary/aromatic N) is 1. The number of likely N-dealkylation sites (tertiary alicyclic amines) is 1. The second-order valence-corrected chi connectivity index (χ2v) is 5.52. The van der Waals surface area contributed by atoms with E-state index in [4.69, 9.17) is 9.47 Å². The molecule has 1 unspecified atom stereocenters. The smallest absolute Gasteiger partial charge is 0.254 e. The maximum absolute atomic E-state index is 12.7. The van der Waals surface area contributed by atoms with Gasteiger partial charge in [0.25, 0.3) is 5.91 Å². The maximum Gasteiger partial charge on any atom is 0.254 e. The van der Waals surface area contributed by atoms with E-state index in [2.05, 4.69) is 13.8 Å². The molecule has 1 aliphatic rings. The van der Waals surface area contributed by atoms with Crippen molar-refractivity contribution in [3.63, 3.8) is 0 Å². The van der Waals surface area contributed by atoms with Crippen molar-refractivity contribution in [2.24, 2.45) is 5.92 Å². The van der Waals surface area contributed by atoms with Crippen LogP contribution in [0, 0.1) is 5.92 Å². The van der Waals surface area contributed by atoms with Crippen molar-refractivity contribution in [2.75, 3.05) is 20.8 Å². The van der Waals surface area contributed by atoms with Crippen molar-refractivity contribution in [1.82, 2.24) is 4.90 Å². The number of hydrogen-bond acceptors (Lipinski definition) is 3. The Hall–Kier alpha value is -1.71. The van der Waals surface area contributed by atoms with Gasteiger partial charge in [0.15, 0.2) is 11.5 Å². The van der Waals surface area contributed by atoms with Gasteiger partial charge in [-0.05, 0) is 37.0 Å². The summed E-state index contributed by atoms with van der Waals surface area (Å²) >= 11 is 0. The van der Waals surface area contributed by atoms with Crippen LogP contribution in [0.5, 0.6) is 11.5 Å². The second-order valence-electron chi connectivity index (χ2n) is 5.52. The minimum absolute atomic E-state index is 0.0853. The van der Waals surface area contributed by atoms with Gasteiger partial charge in [0.05, 0.1) is 14.2 Å². The Balaban J connectivity index is 2.25. The van der Waals surface area contributed by atoms with Crippen LogP contribution in [0.15, 0.2) is 18.2 Å². The number of carbonyl (C=O) groups is 1. The Morgan fingerprint density at radius 2 is 1.95 bits per heavy atom. The molecule has 0 aliphatic carbocycles. The first kappa shape index (κ1) is 14.7. The fourth-order valence-electron chi connectivity index (χ4n) is 2.87. The first-order valence-corrected chi connectivity index (χ1v) is 7.11. The normalized spacial score (nSPS) is 18.4. The highest BCUT2D eigenvalue weighted by atomic mass is 16.5. The first-order chi connectivity index (χ1) is 9.58. The molecule has 1 atom stereocenters. The lowest BCUT2D eigenvalue weighted by Crippen LogP contribution is -2.38. The molecule has 1 aromatic rings. The number of carbonyl (C=O) groups excluding carboxylic acids is 1. The van der Waals surface area contributed by atoms with Gasteiger partial charge in [-0.1, -0.05) is 13.8 Å². The quantitative estimate of drug-likeness (QED) is 0.849. The van der Waals surface area contributed by atoms with Crippen molar-refractivity contribution < 1.29 is 14.3 Å². The molecule has 0 radical (unpaired) electrons. The highest BCUT2D eigenvalue weighted by Gasteiger charge is 2.31. The predicted molar refractivity (Wildman–Crippen MR) is 78.4 cm³/mol. The average molecular weight is 277 g/mol. The number of amides is 1.